The van der Waals surface area contributed by atoms with Crippen molar-refractivity contribution in [1.82, 2.24) is 30.0 Å². The summed E-state index contributed by atoms with van der Waals surface area (Å²) in [5, 5.41) is 44.8. The monoisotopic (exact) mass is 860 g/mol. The number of rotatable bonds is 10. The van der Waals surface area contributed by atoms with Gasteiger partial charge in [-0.05, 0) is 106 Å². The maximum atomic E-state index is 13.3. The Morgan fingerprint density at radius 1 is 0.455 bits per heavy atom. The zero-order valence-electron chi connectivity index (χ0n) is 34.5. The van der Waals surface area contributed by atoms with Crippen LogP contribution in [0.25, 0.3) is 33.4 Å². The van der Waals surface area contributed by atoms with Crippen LogP contribution in [0.15, 0.2) is 72.8 Å². The van der Waals surface area contributed by atoms with Gasteiger partial charge in [-0.25, -0.2) is 0 Å². The first kappa shape index (κ1) is 47.9. The molecule has 8 nitrogen and oxygen atoms in total. The first-order chi connectivity index (χ1) is 24.4. The number of nitrogens with zero attached hydrogens (tertiary/aromatic N) is 6. The third-order valence-corrected chi connectivity index (χ3v) is 11.7. The van der Waals surface area contributed by atoms with Crippen LogP contribution in [0, 0.1) is 0 Å². The van der Waals surface area contributed by atoms with E-state index in [2.05, 4.69) is 116 Å². The van der Waals surface area contributed by atoms with E-state index < -0.39 is 0 Å². The maximum Gasteiger partial charge on any atom is 4.00 e. The zero-order chi connectivity index (χ0) is 38.2. The minimum atomic E-state index is -0.196. The summed E-state index contributed by atoms with van der Waals surface area (Å²) >= 11 is 0. The van der Waals surface area contributed by atoms with E-state index in [4.69, 9.17) is 0 Å². The first-order valence-corrected chi connectivity index (χ1v) is 18.8. The third kappa shape index (κ3) is 9.83. The third-order valence-electron chi connectivity index (χ3n) is 11.7. The molecule has 0 saturated carbocycles. The van der Waals surface area contributed by atoms with Gasteiger partial charge in [-0.3, -0.25) is 0 Å². The molecule has 0 amide bonds. The Balaban J connectivity index is 0.000000360. The molecular weight excluding hydrogens is 807 g/mol. The molecule has 0 fully saturated rings. The predicted octanol–water partition coefficient (Wildman–Crippen LogP) is 3.74. The number of halogens is 2. The van der Waals surface area contributed by atoms with Gasteiger partial charge in [-0.15, -0.1) is 20.4 Å². The fourth-order valence-electron chi connectivity index (χ4n) is 6.04. The van der Waals surface area contributed by atoms with Crippen LogP contribution >= 0.6 is 0 Å². The SMILES string of the molecule is CCC(C)(C)c1cc(-n2nc3ccccc3n2)c([O-])c(C(C)(C)CC)c1.CCC(C)(C)c1cc(-n2nc3ccccc3n2)c([O-])c(C(C)(C)CC)c1.[Cl-].[Cl-].[Zr+4]. The van der Waals surface area contributed by atoms with Crippen molar-refractivity contribution < 1.29 is 61.2 Å². The molecule has 0 bridgehead atoms. The van der Waals surface area contributed by atoms with Crippen molar-refractivity contribution in [3.8, 4) is 22.9 Å². The summed E-state index contributed by atoms with van der Waals surface area (Å²) in [6, 6.07) is 23.5. The molecule has 2 heterocycles. The molecule has 0 aliphatic heterocycles. The second-order valence-corrected chi connectivity index (χ2v) is 16.7. The second kappa shape index (κ2) is 18.3. The molecule has 0 unspecified atom stereocenters. The van der Waals surface area contributed by atoms with E-state index in [1.54, 1.807) is 0 Å². The average Bonchev–Trinajstić information content (AvgIpc) is 3.76. The predicted molar refractivity (Wildman–Crippen MR) is 210 cm³/mol. The summed E-state index contributed by atoms with van der Waals surface area (Å²) in [5.74, 6) is 0.0422. The fraction of sp³-hybridized carbons (Fsp3) is 0.455. The van der Waals surface area contributed by atoms with Crippen LogP contribution in [0.3, 0.4) is 0 Å². The van der Waals surface area contributed by atoms with Crippen LogP contribution in [0.1, 0.15) is 131 Å². The average molecular weight is 863 g/mol. The molecule has 0 radical (unpaired) electrons. The van der Waals surface area contributed by atoms with Crippen molar-refractivity contribution in [2.45, 2.75) is 130 Å². The van der Waals surface area contributed by atoms with Crippen molar-refractivity contribution in [2.75, 3.05) is 0 Å². The van der Waals surface area contributed by atoms with E-state index in [9.17, 15) is 10.2 Å². The van der Waals surface area contributed by atoms with Crippen LogP contribution in [-0.4, -0.2) is 30.0 Å². The first-order valence-electron chi connectivity index (χ1n) is 18.8. The summed E-state index contributed by atoms with van der Waals surface area (Å²) in [4.78, 5) is 3.02. The standard InChI is InChI=1S/2C22H29N3O.2ClH.Zr/c2*1-7-21(3,4)15-13-16(22(5,6)8-2)20(26)19(14-15)25-23-17-11-9-10-12-18(17)24-25;;;/h2*9-14,26H,7-8H2,1-6H3;2*1H;/q;;;;+4/p-4. The quantitative estimate of drug-likeness (QED) is 0.208. The summed E-state index contributed by atoms with van der Waals surface area (Å²) < 4.78 is 0. The Morgan fingerprint density at radius 3 is 0.945 bits per heavy atom. The molecular formula is C44H56Cl2N6O2Zr. The van der Waals surface area contributed by atoms with Crippen LogP contribution in [-0.2, 0) is 47.9 Å². The molecule has 0 aliphatic rings. The normalized spacial score (nSPS) is 12.0. The van der Waals surface area contributed by atoms with Gasteiger partial charge in [0.25, 0.3) is 0 Å². The van der Waals surface area contributed by atoms with Crippen molar-refractivity contribution >= 4 is 22.1 Å². The van der Waals surface area contributed by atoms with Crippen molar-refractivity contribution in [1.29, 1.82) is 0 Å². The van der Waals surface area contributed by atoms with Gasteiger partial charge in [-0.1, -0.05) is 131 Å². The molecule has 4 aromatic carbocycles. The van der Waals surface area contributed by atoms with E-state index in [-0.39, 0.29) is 84.2 Å². The van der Waals surface area contributed by atoms with E-state index >= 15 is 0 Å². The van der Waals surface area contributed by atoms with Gasteiger partial charge in [0.05, 0.1) is 11.4 Å². The number of fused-ring (bicyclic) bond motifs is 2. The van der Waals surface area contributed by atoms with E-state index in [0.717, 1.165) is 70.0 Å². The smallest absolute Gasteiger partial charge is 1.00 e. The van der Waals surface area contributed by atoms with Gasteiger partial charge in [0.2, 0.25) is 0 Å². The minimum absolute atomic E-state index is 0. The molecule has 55 heavy (non-hydrogen) atoms. The molecule has 0 atom stereocenters. The van der Waals surface area contributed by atoms with E-state index in [1.165, 1.54) is 9.59 Å². The summed E-state index contributed by atoms with van der Waals surface area (Å²) in [6.45, 7) is 26.0. The summed E-state index contributed by atoms with van der Waals surface area (Å²) in [7, 11) is 0. The Labute approximate surface area is 359 Å². The summed E-state index contributed by atoms with van der Waals surface area (Å²) in [5.41, 5.74) is 7.83. The number of benzene rings is 4. The number of aromatic nitrogens is 6. The Bertz CT molecular complexity index is 1980. The van der Waals surface area contributed by atoms with E-state index in [0.29, 0.717) is 11.4 Å². The van der Waals surface area contributed by atoms with Crippen LogP contribution in [0.2, 0.25) is 0 Å². The van der Waals surface area contributed by atoms with Gasteiger partial charge in [0, 0.05) is 0 Å². The Hall–Kier alpha value is -3.26. The Morgan fingerprint density at radius 2 is 0.709 bits per heavy atom. The molecule has 11 heteroatoms. The van der Waals surface area contributed by atoms with Gasteiger partial charge < -0.3 is 35.0 Å². The van der Waals surface area contributed by atoms with E-state index in [1.807, 2.05) is 60.7 Å². The topological polar surface area (TPSA) is 108 Å². The molecule has 0 aliphatic carbocycles. The second-order valence-electron chi connectivity index (χ2n) is 16.7. The largest absolute Gasteiger partial charge is 4.00 e. The number of hydrogen-bond donors (Lipinski definition) is 0. The molecule has 0 saturated heterocycles. The zero-order valence-corrected chi connectivity index (χ0v) is 38.5. The van der Waals surface area contributed by atoms with Gasteiger partial charge >= 0.3 is 26.2 Å². The van der Waals surface area contributed by atoms with Crippen LogP contribution in [0.5, 0.6) is 11.5 Å². The van der Waals surface area contributed by atoms with Gasteiger partial charge in [0.1, 0.15) is 22.1 Å². The summed E-state index contributed by atoms with van der Waals surface area (Å²) in [6.07, 6.45) is 3.77. The molecule has 0 spiro atoms. The van der Waals surface area contributed by atoms with Crippen molar-refractivity contribution in [2.24, 2.45) is 0 Å². The van der Waals surface area contributed by atoms with Gasteiger partial charge in [0.15, 0.2) is 0 Å². The molecule has 2 aromatic heterocycles. The molecule has 292 valence electrons. The van der Waals surface area contributed by atoms with Crippen molar-refractivity contribution in [3.05, 3.63) is 95.1 Å². The number of hydrogen-bond acceptors (Lipinski definition) is 6. The maximum absolute atomic E-state index is 13.3. The Kier molecular flexibility index (Phi) is 16.0. The fourth-order valence-corrected chi connectivity index (χ4v) is 6.04. The van der Waals surface area contributed by atoms with Gasteiger partial charge in [-0.2, -0.15) is 9.59 Å². The van der Waals surface area contributed by atoms with Crippen LogP contribution in [0.4, 0.5) is 0 Å². The van der Waals surface area contributed by atoms with Crippen LogP contribution < -0.4 is 35.0 Å². The molecule has 0 N–H and O–H groups in total. The van der Waals surface area contributed by atoms with Crippen molar-refractivity contribution in [3.63, 3.8) is 0 Å². The minimum Gasteiger partial charge on any atom is -1.00 e. The molecule has 6 rings (SSSR count). The molecule has 6 aromatic rings.